The smallest absolute Gasteiger partial charge is 0.133 e. The van der Waals surface area contributed by atoms with Gasteiger partial charge in [0.1, 0.15) is 12.1 Å². The summed E-state index contributed by atoms with van der Waals surface area (Å²) in [7, 11) is 0. The second kappa shape index (κ2) is 6.15. The largest absolute Gasteiger partial charge is 0.370 e. The van der Waals surface area contributed by atoms with Crippen molar-refractivity contribution in [3.63, 3.8) is 0 Å². The van der Waals surface area contributed by atoms with E-state index in [9.17, 15) is 0 Å². The van der Waals surface area contributed by atoms with Gasteiger partial charge < -0.3 is 5.32 Å². The number of rotatable bonds is 5. The van der Waals surface area contributed by atoms with Gasteiger partial charge in [-0.05, 0) is 31.4 Å². The first-order valence-corrected chi connectivity index (χ1v) is 7.60. The monoisotopic (exact) mass is 275 g/mol. The third-order valence-corrected chi connectivity index (χ3v) is 3.98. The quantitative estimate of drug-likeness (QED) is 0.875. The van der Waals surface area contributed by atoms with Crippen LogP contribution in [-0.2, 0) is 0 Å². The highest BCUT2D eigenvalue weighted by Crippen LogP contribution is 2.35. The molecule has 2 aromatic rings. The Morgan fingerprint density at radius 1 is 1.26 bits per heavy atom. The number of nitrogens with zero attached hydrogens (tertiary/aromatic N) is 2. The van der Waals surface area contributed by atoms with Crippen LogP contribution in [-0.4, -0.2) is 16.5 Å². The normalized spacial score (nSPS) is 11.0. The minimum absolute atomic E-state index is 0.401. The average Bonchev–Trinajstić information content (AvgIpc) is 2.82. The van der Waals surface area contributed by atoms with E-state index < -0.39 is 0 Å². The number of thiophene rings is 1. The molecule has 102 valence electrons. The Bertz CT molecular complexity index is 546. The van der Waals surface area contributed by atoms with E-state index in [-0.39, 0.29) is 0 Å². The zero-order chi connectivity index (χ0) is 13.8. The highest BCUT2D eigenvalue weighted by Gasteiger charge is 2.16. The first kappa shape index (κ1) is 14.0. The van der Waals surface area contributed by atoms with Crippen LogP contribution in [0.25, 0.3) is 10.6 Å². The van der Waals surface area contributed by atoms with Crippen LogP contribution < -0.4 is 5.32 Å². The summed E-state index contributed by atoms with van der Waals surface area (Å²) in [6.07, 6.45) is 2.75. The van der Waals surface area contributed by atoms with Crippen molar-refractivity contribution in [3.05, 3.63) is 28.9 Å². The molecule has 1 N–H and O–H groups in total. The molecule has 0 aliphatic rings. The predicted octanol–water partition coefficient (Wildman–Crippen LogP) is 4.46. The maximum atomic E-state index is 4.51. The van der Waals surface area contributed by atoms with Crippen molar-refractivity contribution in [2.45, 2.75) is 40.0 Å². The minimum Gasteiger partial charge on any atom is -0.370 e. The Hall–Kier alpha value is -1.42. The molecule has 0 aliphatic heterocycles. The molecule has 2 aromatic heterocycles. The van der Waals surface area contributed by atoms with Gasteiger partial charge in [0.05, 0.1) is 10.6 Å². The third kappa shape index (κ3) is 3.13. The van der Waals surface area contributed by atoms with E-state index in [1.807, 2.05) is 0 Å². The molecule has 4 heteroatoms. The second-order valence-corrected chi connectivity index (χ2v) is 6.26. The van der Waals surface area contributed by atoms with Crippen LogP contribution in [0.2, 0.25) is 0 Å². The average molecular weight is 275 g/mol. The van der Waals surface area contributed by atoms with E-state index in [0.717, 1.165) is 24.5 Å². The maximum absolute atomic E-state index is 4.51. The summed E-state index contributed by atoms with van der Waals surface area (Å²) in [5, 5.41) is 3.41. The molecular formula is C15H21N3S. The number of aryl methyl sites for hydroxylation is 1. The lowest BCUT2D eigenvalue weighted by molar-refractivity contribution is 0.845. The van der Waals surface area contributed by atoms with E-state index >= 15 is 0 Å². The summed E-state index contributed by atoms with van der Waals surface area (Å²) in [5.41, 5.74) is 2.29. The summed E-state index contributed by atoms with van der Waals surface area (Å²) in [4.78, 5) is 11.5. The Labute approximate surface area is 119 Å². The van der Waals surface area contributed by atoms with Gasteiger partial charge in [0.2, 0.25) is 0 Å². The first-order chi connectivity index (χ1) is 9.13. The number of hydrogen-bond acceptors (Lipinski definition) is 4. The topological polar surface area (TPSA) is 37.8 Å². The highest BCUT2D eigenvalue weighted by molar-refractivity contribution is 7.15. The molecule has 0 saturated carbocycles. The van der Waals surface area contributed by atoms with Crippen LogP contribution in [0, 0.1) is 6.92 Å². The lowest BCUT2D eigenvalue weighted by Gasteiger charge is -2.16. The van der Waals surface area contributed by atoms with Crippen LogP contribution in [0.1, 0.15) is 43.6 Å². The minimum atomic E-state index is 0.401. The Kier molecular flexibility index (Phi) is 4.53. The van der Waals surface area contributed by atoms with Gasteiger partial charge in [-0.2, -0.15) is 0 Å². The molecule has 2 heterocycles. The van der Waals surface area contributed by atoms with Crippen LogP contribution in [0.15, 0.2) is 18.5 Å². The molecule has 0 saturated heterocycles. The van der Waals surface area contributed by atoms with Crippen molar-refractivity contribution in [3.8, 4) is 10.6 Å². The van der Waals surface area contributed by atoms with Crippen LogP contribution in [0.4, 0.5) is 5.82 Å². The summed E-state index contributed by atoms with van der Waals surface area (Å²) in [5.74, 6) is 1.38. The van der Waals surface area contributed by atoms with Gasteiger partial charge in [-0.25, -0.2) is 9.97 Å². The maximum Gasteiger partial charge on any atom is 0.133 e. The number of aromatic nitrogens is 2. The molecule has 3 nitrogen and oxygen atoms in total. The van der Waals surface area contributed by atoms with Gasteiger partial charge in [-0.1, -0.05) is 20.8 Å². The van der Waals surface area contributed by atoms with Gasteiger partial charge >= 0.3 is 0 Å². The first-order valence-electron chi connectivity index (χ1n) is 6.79. The second-order valence-electron chi connectivity index (χ2n) is 4.98. The molecule has 0 bridgehead atoms. The number of anilines is 1. The zero-order valence-corrected chi connectivity index (χ0v) is 12.8. The van der Waals surface area contributed by atoms with Crippen molar-refractivity contribution in [2.75, 3.05) is 11.9 Å². The molecule has 0 unspecified atom stereocenters. The van der Waals surface area contributed by atoms with E-state index in [2.05, 4.69) is 55.1 Å². The van der Waals surface area contributed by atoms with E-state index in [1.54, 1.807) is 17.7 Å². The summed E-state index contributed by atoms with van der Waals surface area (Å²) in [6.45, 7) is 9.62. The molecule has 19 heavy (non-hydrogen) atoms. The summed E-state index contributed by atoms with van der Waals surface area (Å²) in [6, 6.07) is 4.29. The highest BCUT2D eigenvalue weighted by atomic mass is 32.1. The van der Waals surface area contributed by atoms with E-state index in [4.69, 9.17) is 0 Å². The Balaban J connectivity index is 2.48. The lowest BCUT2D eigenvalue weighted by Crippen LogP contribution is -2.08. The lowest BCUT2D eigenvalue weighted by atomic mass is 10.0. The van der Waals surface area contributed by atoms with Crippen molar-refractivity contribution < 1.29 is 0 Å². The van der Waals surface area contributed by atoms with E-state index in [0.29, 0.717) is 5.92 Å². The summed E-state index contributed by atoms with van der Waals surface area (Å²) < 4.78 is 0. The molecule has 0 aromatic carbocycles. The summed E-state index contributed by atoms with van der Waals surface area (Å²) >= 11 is 1.79. The SMILES string of the molecule is CCCNc1ncnc(-c2ccc(C)s2)c1C(C)C. The van der Waals surface area contributed by atoms with Crippen molar-refractivity contribution >= 4 is 17.2 Å². The van der Waals surface area contributed by atoms with Crippen LogP contribution >= 0.6 is 11.3 Å². The number of hydrogen-bond donors (Lipinski definition) is 1. The molecule has 2 rings (SSSR count). The standard InChI is InChI=1S/C15H21N3S/c1-5-8-16-15-13(10(2)3)14(17-9-18-15)12-7-6-11(4)19-12/h6-7,9-10H,5,8H2,1-4H3,(H,16,17,18). The Morgan fingerprint density at radius 3 is 2.63 bits per heavy atom. The fourth-order valence-electron chi connectivity index (χ4n) is 2.08. The van der Waals surface area contributed by atoms with Crippen molar-refractivity contribution in [1.82, 2.24) is 9.97 Å². The molecule has 0 atom stereocenters. The molecule has 0 fully saturated rings. The fourth-order valence-corrected chi connectivity index (χ4v) is 2.96. The van der Waals surface area contributed by atoms with Gasteiger partial charge in [0.25, 0.3) is 0 Å². The van der Waals surface area contributed by atoms with Crippen LogP contribution in [0.5, 0.6) is 0 Å². The molecule has 0 spiro atoms. The third-order valence-electron chi connectivity index (χ3n) is 2.98. The van der Waals surface area contributed by atoms with Gasteiger partial charge in [0, 0.05) is 17.0 Å². The fraction of sp³-hybridized carbons (Fsp3) is 0.467. The van der Waals surface area contributed by atoms with E-state index in [1.165, 1.54) is 15.3 Å². The zero-order valence-electron chi connectivity index (χ0n) is 12.0. The molecule has 0 amide bonds. The predicted molar refractivity (Wildman–Crippen MR) is 83.0 cm³/mol. The van der Waals surface area contributed by atoms with Gasteiger partial charge in [-0.3, -0.25) is 0 Å². The van der Waals surface area contributed by atoms with Crippen molar-refractivity contribution in [1.29, 1.82) is 0 Å². The van der Waals surface area contributed by atoms with Crippen molar-refractivity contribution in [2.24, 2.45) is 0 Å². The number of nitrogens with one attached hydrogen (secondary N) is 1. The van der Waals surface area contributed by atoms with Gasteiger partial charge in [0.15, 0.2) is 0 Å². The van der Waals surface area contributed by atoms with Gasteiger partial charge in [-0.15, -0.1) is 11.3 Å². The Morgan fingerprint density at radius 2 is 2.05 bits per heavy atom. The molecular weight excluding hydrogens is 254 g/mol. The molecule has 0 aliphatic carbocycles. The van der Waals surface area contributed by atoms with Crippen LogP contribution in [0.3, 0.4) is 0 Å². The molecule has 0 radical (unpaired) electrons.